The SMILES string of the molecule is CCCC(=O)OCl.[AlH3]. The van der Waals surface area contributed by atoms with Gasteiger partial charge in [-0.1, -0.05) is 6.92 Å². The molecule has 4 heteroatoms. The van der Waals surface area contributed by atoms with E-state index < -0.39 is 0 Å². The molecule has 48 valence electrons. The second kappa shape index (κ2) is 7.29. The Balaban J connectivity index is 0. The summed E-state index contributed by atoms with van der Waals surface area (Å²) in [6.07, 6.45) is 1.19. The van der Waals surface area contributed by atoms with E-state index in [1.54, 1.807) is 0 Å². The van der Waals surface area contributed by atoms with E-state index >= 15 is 0 Å². The van der Waals surface area contributed by atoms with Crippen molar-refractivity contribution in [2.75, 3.05) is 0 Å². The Morgan fingerprint density at radius 1 is 1.75 bits per heavy atom. The lowest BCUT2D eigenvalue weighted by Gasteiger charge is -1.86. The van der Waals surface area contributed by atoms with Crippen LogP contribution < -0.4 is 0 Å². The molecule has 0 rings (SSSR count). The molecule has 0 aromatic rings. The van der Waals surface area contributed by atoms with Crippen molar-refractivity contribution in [3.05, 3.63) is 0 Å². The van der Waals surface area contributed by atoms with E-state index in [0.29, 0.717) is 6.42 Å². The molecule has 0 spiro atoms. The van der Waals surface area contributed by atoms with E-state index in [1.807, 2.05) is 6.92 Å². The van der Waals surface area contributed by atoms with Crippen LogP contribution in [-0.4, -0.2) is 23.3 Å². The van der Waals surface area contributed by atoms with Crippen LogP contribution >= 0.6 is 11.9 Å². The summed E-state index contributed by atoms with van der Waals surface area (Å²) in [5, 5.41) is 0. The van der Waals surface area contributed by atoms with Gasteiger partial charge in [0.1, 0.15) is 11.9 Å². The minimum Gasteiger partial charge on any atom is -0.348 e. The van der Waals surface area contributed by atoms with Gasteiger partial charge in [-0.25, -0.2) is 0 Å². The molecule has 2 nitrogen and oxygen atoms in total. The Morgan fingerprint density at radius 2 is 2.25 bits per heavy atom. The zero-order chi connectivity index (χ0) is 5.70. The van der Waals surface area contributed by atoms with Crippen LogP contribution in [0.5, 0.6) is 0 Å². The first-order chi connectivity index (χ1) is 3.31. The molecule has 0 radical (unpaired) electrons. The van der Waals surface area contributed by atoms with Crippen LogP contribution in [0.15, 0.2) is 0 Å². The van der Waals surface area contributed by atoms with Gasteiger partial charge in [0.25, 0.3) is 0 Å². The number of rotatable bonds is 2. The Kier molecular flexibility index (Phi) is 10.2. The van der Waals surface area contributed by atoms with Gasteiger partial charge in [-0.05, 0) is 6.42 Å². The largest absolute Gasteiger partial charge is 0.348 e. The molecule has 0 aliphatic carbocycles. The van der Waals surface area contributed by atoms with E-state index in [9.17, 15) is 4.79 Å². The summed E-state index contributed by atoms with van der Waals surface area (Å²) >= 11 is 4.68. The van der Waals surface area contributed by atoms with Crippen LogP contribution in [0.2, 0.25) is 0 Å². The molecule has 0 saturated heterocycles. The third kappa shape index (κ3) is 6.29. The molecule has 0 amide bonds. The van der Waals surface area contributed by atoms with Gasteiger partial charge in [-0.15, -0.1) is 0 Å². The van der Waals surface area contributed by atoms with Crippen molar-refractivity contribution in [1.29, 1.82) is 0 Å². The molecule has 8 heavy (non-hydrogen) atoms. The van der Waals surface area contributed by atoms with Crippen LogP contribution in [0.25, 0.3) is 0 Å². The zero-order valence-electron chi connectivity index (χ0n) is 4.11. The molecule has 0 unspecified atom stereocenters. The van der Waals surface area contributed by atoms with E-state index in [-0.39, 0.29) is 23.3 Å². The van der Waals surface area contributed by atoms with Crippen molar-refractivity contribution in [3.63, 3.8) is 0 Å². The summed E-state index contributed by atoms with van der Waals surface area (Å²) < 4.78 is 3.82. The molecule has 0 N–H and O–H groups in total. The standard InChI is InChI=1S/C4H7ClO2.Al.3H/c1-2-3-4(6)7-5;;;;/h2-3H2,1H3;;;;. The highest BCUT2D eigenvalue weighted by Crippen LogP contribution is 1.91. The van der Waals surface area contributed by atoms with Gasteiger partial charge in [0, 0.05) is 6.42 Å². The third-order valence-corrected chi connectivity index (χ3v) is 0.712. The third-order valence-electron chi connectivity index (χ3n) is 0.540. The highest BCUT2D eigenvalue weighted by atomic mass is 35.5. The smallest absolute Gasteiger partial charge is 0.324 e. The van der Waals surface area contributed by atoms with Crippen molar-refractivity contribution in [3.8, 4) is 0 Å². The Labute approximate surface area is 64.5 Å². The predicted molar refractivity (Wildman–Crippen MR) is 36.8 cm³/mol. The van der Waals surface area contributed by atoms with Crippen molar-refractivity contribution in [2.24, 2.45) is 0 Å². The molecule has 0 aliphatic rings. The Morgan fingerprint density at radius 3 is 2.38 bits per heavy atom. The number of carbonyl (C=O) groups excluding carboxylic acids is 1. The number of carbonyl (C=O) groups is 1. The monoisotopic (exact) mass is 152 g/mol. The van der Waals surface area contributed by atoms with Crippen LogP contribution in [0.1, 0.15) is 19.8 Å². The molecule has 0 aromatic heterocycles. The minimum atomic E-state index is -0.357. The molecular formula is C4H10AlClO2. The number of hydrogen-bond acceptors (Lipinski definition) is 2. The van der Waals surface area contributed by atoms with E-state index in [0.717, 1.165) is 6.42 Å². The van der Waals surface area contributed by atoms with E-state index in [2.05, 4.69) is 16.2 Å². The molecule has 0 fully saturated rings. The molecule has 0 bridgehead atoms. The average molecular weight is 153 g/mol. The van der Waals surface area contributed by atoms with Gasteiger partial charge < -0.3 is 4.29 Å². The Bertz CT molecular complexity index is 67.1. The molecule has 0 saturated carbocycles. The molecule has 0 heterocycles. The normalized spacial score (nSPS) is 7.25. The second-order valence-electron chi connectivity index (χ2n) is 1.20. The van der Waals surface area contributed by atoms with Gasteiger partial charge in [-0.3, -0.25) is 4.79 Å². The number of halogens is 1. The molecule has 0 aromatic carbocycles. The zero-order valence-corrected chi connectivity index (χ0v) is 4.86. The number of hydrogen-bond donors (Lipinski definition) is 0. The van der Waals surface area contributed by atoms with Gasteiger partial charge >= 0.3 is 5.97 Å². The molecular weight excluding hydrogens is 142 g/mol. The van der Waals surface area contributed by atoms with Crippen LogP contribution in [0.4, 0.5) is 0 Å². The summed E-state index contributed by atoms with van der Waals surface area (Å²) in [5.41, 5.74) is 0. The predicted octanol–water partition coefficient (Wildman–Crippen LogP) is 0.300. The first-order valence-corrected chi connectivity index (χ1v) is 2.43. The van der Waals surface area contributed by atoms with Crippen LogP contribution in [0.3, 0.4) is 0 Å². The fourth-order valence-electron chi connectivity index (χ4n) is 0.243. The van der Waals surface area contributed by atoms with Crippen molar-refractivity contribution in [1.82, 2.24) is 0 Å². The van der Waals surface area contributed by atoms with Gasteiger partial charge in [0.15, 0.2) is 17.4 Å². The van der Waals surface area contributed by atoms with Crippen molar-refractivity contribution in [2.45, 2.75) is 19.8 Å². The van der Waals surface area contributed by atoms with Crippen molar-refractivity contribution >= 4 is 35.2 Å². The lowest BCUT2D eigenvalue weighted by atomic mass is 10.4. The summed E-state index contributed by atoms with van der Waals surface area (Å²) in [4.78, 5) is 10.1. The fraction of sp³-hybridized carbons (Fsp3) is 0.750. The minimum absolute atomic E-state index is 0. The average Bonchev–Trinajstić information content (AvgIpc) is 1.68. The van der Waals surface area contributed by atoms with E-state index in [1.165, 1.54) is 0 Å². The summed E-state index contributed by atoms with van der Waals surface area (Å²) in [5.74, 6) is -0.357. The summed E-state index contributed by atoms with van der Waals surface area (Å²) in [7, 11) is 0. The van der Waals surface area contributed by atoms with Crippen molar-refractivity contribution < 1.29 is 9.08 Å². The molecule has 0 aliphatic heterocycles. The van der Waals surface area contributed by atoms with Crippen LogP contribution in [-0.2, 0) is 9.08 Å². The van der Waals surface area contributed by atoms with E-state index in [4.69, 9.17) is 0 Å². The maximum Gasteiger partial charge on any atom is 0.324 e. The highest BCUT2D eigenvalue weighted by Gasteiger charge is 1.95. The summed E-state index contributed by atoms with van der Waals surface area (Å²) in [6, 6.07) is 0. The Hall–Kier alpha value is 0.292. The van der Waals surface area contributed by atoms with Gasteiger partial charge in [0.05, 0.1) is 0 Å². The fourth-order valence-corrected chi connectivity index (χ4v) is 0.320. The molecule has 0 atom stereocenters. The quantitative estimate of drug-likeness (QED) is 0.532. The maximum absolute atomic E-state index is 10.1. The van der Waals surface area contributed by atoms with Gasteiger partial charge in [0.2, 0.25) is 0 Å². The maximum atomic E-state index is 10.1. The lowest BCUT2D eigenvalue weighted by molar-refractivity contribution is -0.133. The first kappa shape index (κ1) is 11.1. The topological polar surface area (TPSA) is 26.3 Å². The van der Waals surface area contributed by atoms with Crippen LogP contribution in [0, 0.1) is 0 Å². The first-order valence-electron chi connectivity index (χ1n) is 2.12. The van der Waals surface area contributed by atoms with Gasteiger partial charge in [-0.2, -0.15) is 0 Å². The lowest BCUT2D eigenvalue weighted by Crippen LogP contribution is -1.93. The highest BCUT2D eigenvalue weighted by molar-refractivity contribution is 6.13. The second-order valence-corrected chi connectivity index (χ2v) is 1.35. The summed E-state index contributed by atoms with van der Waals surface area (Å²) in [6.45, 7) is 1.88.